The lowest BCUT2D eigenvalue weighted by molar-refractivity contribution is -0.139. The minimum atomic E-state index is -1.13. The maximum Gasteiger partial charge on any atom is 0.321 e. The molecule has 0 radical (unpaired) electrons. The molecule has 0 spiro atoms. The van der Waals surface area contributed by atoms with Gasteiger partial charge < -0.3 is 25.9 Å². The molecule has 1 unspecified atom stereocenters. The molecule has 0 bridgehead atoms. The standard InChI is InChI=1S/C24H32N4O6S/c1-34-16-6-7-19-17(11-16)15(13-27-19)8-9-26-21(29)5-3-2-4-10-28-22(30)12-20(23(28)31)35-14-18(25)24(32)33/h6-7,11,13,18,20,27H,2-5,8-10,12,14,25H2,1H3,(H,26,29)(H,32,33)/t18-,20?/m0/s1. The van der Waals surface area contributed by atoms with Gasteiger partial charge in [0, 0.05) is 48.8 Å². The zero-order chi connectivity index (χ0) is 25.4. The highest BCUT2D eigenvalue weighted by atomic mass is 32.2. The summed E-state index contributed by atoms with van der Waals surface area (Å²) in [5.74, 6) is -0.822. The number of carbonyl (C=O) groups is 4. The smallest absolute Gasteiger partial charge is 0.321 e. The molecule has 2 heterocycles. The van der Waals surface area contributed by atoms with E-state index in [0.29, 0.717) is 45.2 Å². The van der Waals surface area contributed by atoms with E-state index in [2.05, 4.69) is 10.3 Å². The molecule has 3 rings (SSSR count). The quantitative estimate of drug-likeness (QED) is 0.224. The minimum absolute atomic E-state index is 0.0259. The van der Waals surface area contributed by atoms with Crippen molar-refractivity contribution in [2.75, 3.05) is 26.0 Å². The second-order valence-electron chi connectivity index (χ2n) is 8.49. The summed E-state index contributed by atoms with van der Waals surface area (Å²) in [5, 5.41) is 12.3. The molecule has 0 aliphatic carbocycles. The number of unbranched alkanes of at least 4 members (excludes halogenated alkanes) is 2. The summed E-state index contributed by atoms with van der Waals surface area (Å²) in [6.07, 6.45) is 5.10. The van der Waals surface area contributed by atoms with Crippen molar-refractivity contribution in [2.24, 2.45) is 5.73 Å². The molecule has 1 fully saturated rings. The number of carboxylic acid groups (broad SMARTS) is 1. The summed E-state index contributed by atoms with van der Waals surface area (Å²) >= 11 is 1.11. The van der Waals surface area contributed by atoms with Crippen molar-refractivity contribution in [3.05, 3.63) is 30.0 Å². The maximum absolute atomic E-state index is 12.4. The first kappa shape index (κ1) is 26.6. The Labute approximate surface area is 207 Å². The molecule has 190 valence electrons. The molecule has 10 nitrogen and oxygen atoms in total. The second kappa shape index (κ2) is 12.6. The van der Waals surface area contributed by atoms with E-state index < -0.39 is 17.3 Å². The number of nitrogens with two attached hydrogens (primary N) is 1. The van der Waals surface area contributed by atoms with Gasteiger partial charge in [0.2, 0.25) is 17.7 Å². The van der Waals surface area contributed by atoms with Crippen molar-refractivity contribution >= 4 is 46.4 Å². The summed E-state index contributed by atoms with van der Waals surface area (Å²) in [6.45, 7) is 0.843. The summed E-state index contributed by atoms with van der Waals surface area (Å²) in [5.41, 5.74) is 7.60. The minimum Gasteiger partial charge on any atom is -0.497 e. The number of fused-ring (bicyclic) bond motifs is 1. The largest absolute Gasteiger partial charge is 0.497 e. The highest BCUT2D eigenvalue weighted by molar-refractivity contribution is 8.00. The van der Waals surface area contributed by atoms with E-state index in [0.717, 1.165) is 34.0 Å². The van der Waals surface area contributed by atoms with Gasteiger partial charge in [-0.2, -0.15) is 0 Å². The molecule has 1 aromatic carbocycles. The molecule has 35 heavy (non-hydrogen) atoms. The number of nitrogens with zero attached hydrogens (tertiary/aromatic N) is 1. The third kappa shape index (κ3) is 7.22. The number of H-pyrrole nitrogens is 1. The Morgan fingerprint density at radius 2 is 2.11 bits per heavy atom. The number of aliphatic carboxylic acids is 1. The van der Waals surface area contributed by atoms with Gasteiger partial charge in [-0.1, -0.05) is 6.42 Å². The Hall–Kier alpha value is -3.05. The number of hydrogen-bond acceptors (Lipinski definition) is 7. The number of aromatic amines is 1. The molecule has 5 N–H and O–H groups in total. The Kier molecular flexibility index (Phi) is 9.55. The number of nitrogens with one attached hydrogen (secondary N) is 2. The Bertz CT molecular complexity index is 1070. The van der Waals surface area contributed by atoms with Crippen molar-refractivity contribution in [3.8, 4) is 5.75 Å². The van der Waals surface area contributed by atoms with Gasteiger partial charge in [0.25, 0.3) is 0 Å². The lowest BCUT2D eigenvalue weighted by Crippen LogP contribution is -2.35. The molecule has 1 saturated heterocycles. The van der Waals surface area contributed by atoms with Crippen LogP contribution in [0.25, 0.3) is 10.9 Å². The van der Waals surface area contributed by atoms with Crippen LogP contribution in [-0.2, 0) is 25.6 Å². The Morgan fingerprint density at radius 3 is 2.86 bits per heavy atom. The number of thioether (sulfide) groups is 1. The van der Waals surface area contributed by atoms with Crippen LogP contribution in [0.1, 0.15) is 37.7 Å². The van der Waals surface area contributed by atoms with Crippen LogP contribution in [0, 0.1) is 0 Å². The van der Waals surface area contributed by atoms with Crippen LogP contribution < -0.4 is 15.8 Å². The summed E-state index contributed by atoms with van der Waals surface area (Å²) in [7, 11) is 1.63. The van der Waals surface area contributed by atoms with Gasteiger partial charge in [0.05, 0.1) is 12.4 Å². The molecule has 1 aliphatic rings. The second-order valence-corrected chi connectivity index (χ2v) is 9.73. The van der Waals surface area contributed by atoms with Crippen molar-refractivity contribution in [1.29, 1.82) is 0 Å². The van der Waals surface area contributed by atoms with E-state index in [9.17, 15) is 19.2 Å². The molecule has 11 heteroatoms. The highest BCUT2D eigenvalue weighted by Gasteiger charge is 2.38. The molecule has 1 aromatic heterocycles. The third-order valence-corrected chi connectivity index (χ3v) is 7.30. The van der Waals surface area contributed by atoms with E-state index >= 15 is 0 Å². The van der Waals surface area contributed by atoms with Crippen LogP contribution >= 0.6 is 11.8 Å². The number of ether oxygens (including phenoxy) is 1. The number of amides is 3. The first-order chi connectivity index (χ1) is 16.8. The molecule has 0 saturated carbocycles. The average molecular weight is 505 g/mol. The molecular weight excluding hydrogens is 472 g/mol. The van der Waals surface area contributed by atoms with Gasteiger partial charge >= 0.3 is 5.97 Å². The highest BCUT2D eigenvalue weighted by Crippen LogP contribution is 2.26. The fourth-order valence-electron chi connectivity index (χ4n) is 3.96. The number of imide groups is 1. The normalized spacial score (nSPS) is 16.6. The number of hydrogen-bond donors (Lipinski definition) is 4. The number of rotatable bonds is 14. The lowest BCUT2D eigenvalue weighted by Gasteiger charge is -2.15. The van der Waals surface area contributed by atoms with E-state index in [1.165, 1.54) is 4.90 Å². The zero-order valence-corrected chi connectivity index (χ0v) is 20.6. The fourth-order valence-corrected chi connectivity index (χ4v) is 5.07. The predicted molar refractivity (Wildman–Crippen MR) is 133 cm³/mol. The van der Waals surface area contributed by atoms with E-state index in [1.54, 1.807) is 7.11 Å². The van der Waals surface area contributed by atoms with Crippen LogP contribution in [-0.4, -0.2) is 75.9 Å². The van der Waals surface area contributed by atoms with Gasteiger partial charge in [-0.25, -0.2) is 0 Å². The van der Waals surface area contributed by atoms with E-state index in [4.69, 9.17) is 15.6 Å². The molecular formula is C24H32N4O6S. The summed E-state index contributed by atoms with van der Waals surface area (Å²) in [6, 6.07) is 4.78. The molecule has 3 amide bonds. The first-order valence-electron chi connectivity index (χ1n) is 11.6. The van der Waals surface area contributed by atoms with Crippen LogP contribution in [0.2, 0.25) is 0 Å². The third-order valence-electron chi connectivity index (χ3n) is 5.97. The van der Waals surface area contributed by atoms with Crippen molar-refractivity contribution in [2.45, 2.75) is 49.8 Å². The maximum atomic E-state index is 12.4. The predicted octanol–water partition coefficient (Wildman–Crippen LogP) is 1.67. The summed E-state index contributed by atoms with van der Waals surface area (Å²) < 4.78 is 5.28. The molecule has 2 aromatic rings. The number of benzene rings is 1. The van der Waals surface area contributed by atoms with Crippen LogP contribution in [0.3, 0.4) is 0 Å². The SMILES string of the molecule is COc1ccc2[nH]cc(CCNC(=O)CCCCCN3C(=O)CC(SC[C@H](N)C(=O)O)C3=O)c2c1. The Balaban J connectivity index is 1.30. The van der Waals surface area contributed by atoms with Crippen molar-refractivity contribution < 1.29 is 29.0 Å². The lowest BCUT2D eigenvalue weighted by atomic mass is 10.1. The van der Waals surface area contributed by atoms with Crippen LogP contribution in [0.15, 0.2) is 24.4 Å². The van der Waals surface area contributed by atoms with Gasteiger partial charge in [0.1, 0.15) is 11.8 Å². The average Bonchev–Trinajstić information content (AvgIpc) is 3.36. The molecule has 2 atom stereocenters. The molecule has 1 aliphatic heterocycles. The van der Waals surface area contributed by atoms with Gasteiger partial charge in [0.15, 0.2) is 0 Å². The van der Waals surface area contributed by atoms with E-state index in [-0.39, 0.29) is 29.9 Å². The van der Waals surface area contributed by atoms with Gasteiger partial charge in [-0.3, -0.25) is 24.1 Å². The van der Waals surface area contributed by atoms with Crippen LogP contribution in [0.5, 0.6) is 5.75 Å². The number of aromatic nitrogens is 1. The number of methoxy groups -OCH3 is 1. The topological polar surface area (TPSA) is 155 Å². The van der Waals surface area contributed by atoms with Crippen LogP contribution in [0.4, 0.5) is 0 Å². The summed E-state index contributed by atoms with van der Waals surface area (Å²) in [4.78, 5) is 52.0. The fraction of sp³-hybridized carbons (Fsp3) is 0.500. The van der Waals surface area contributed by atoms with E-state index in [1.807, 2.05) is 24.4 Å². The number of likely N-dealkylation sites (tertiary alicyclic amines) is 1. The zero-order valence-electron chi connectivity index (χ0n) is 19.7. The van der Waals surface area contributed by atoms with Gasteiger partial charge in [-0.15, -0.1) is 11.8 Å². The first-order valence-corrected chi connectivity index (χ1v) is 12.7. The monoisotopic (exact) mass is 504 g/mol. The number of carbonyl (C=O) groups excluding carboxylic acids is 3. The van der Waals surface area contributed by atoms with Crippen molar-refractivity contribution in [3.63, 3.8) is 0 Å². The number of carboxylic acids is 1. The van der Waals surface area contributed by atoms with Crippen molar-refractivity contribution in [1.82, 2.24) is 15.2 Å². The van der Waals surface area contributed by atoms with Gasteiger partial charge in [-0.05, 0) is 43.0 Å². The Morgan fingerprint density at radius 1 is 1.31 bits per heavy atom.